The number of carbonyl (C=O) groups excluding carboxylic acids is 1. The van der Waals surface area contributed by atoms with Crippen LogP contribution in [0.4, 0.5) is 0 Å². The van der Waals surface area contributed by atoms with Crippen LogP contribution < -0.4 is 10.1 Å². The molecule has 4 nitrogen and oxygen atoms in total. The van der Waals surface area contributed by atoms with Gasteiger partial charge in [0.2, 0.25) is 5.91 Å². The predicted octanol–water partition coefficient (Wildman–Crippen LogP) is 1.92. The largest absolute Gasteiger partial charge is 0.494 e. The number of rotatable bonds is 5. The topological polar surface area (TPSA) is 47.6 Å². The summed E-state index contributed by atoms with van der Waals surface area (Å²) in [6, 6.07) is 8.05. The van der Waals surface area contributed by atoms with Gasteiger partial charge < -0.3 is 14.8 Å². The van der Waals surface area contributed by atoms with Gasteiger partial charge in [0.15, 0.2) is 0 Å². The van der Waals surface area contributed by atoms with Gasteiger partial charge in [0, 0.05) is 18.6 Å². The van der Waals surface area contributed by atoms with Crippen LogP contribution in [0.15, 0.2) is 24.3 Å². The van der Waals surface area contributed by atoms with E-state index in [-0.39, 0.29) is 5.91 Å². The van der Waals surface area contributed by atoms with Crippen LogP contribution >= 0.6 is 0 Å². The second-order valence-electron chi connectivity index (χ2n) is 5.53. The fraction of sp³-hybridized carbons (Fsp3) is 0.562. The Hall–Kier alpha value is -1.55. The summed E-state index contributed by atoms with van der Waals surface area (Å²) in [6.07, 6.45) is 2.88. The Kier molecular flexibility index (Phi) is 3.92. The Morgan fingerprint density at radius 2 is 2.20 bits per heavy atom. The fourth-order valence-electron chi connectivity index (χ4n) is 3.08. The minimum Gasteiger partial charge on any atom is -0.494 e. The van der Waals surface area contributed by atoms with Crippen molar-refractivity contribution < 1.29 is 14.3 Å². The zero-order valence-corrected chi connectivity index (χ0v) is 11.8. The second-order valence-corrected chi connectivity index (χ2v) is 5.53. The van der Waals surface area contributed by atoms with Crippen molar-refractivity contribution in [3.05, 3.63) is 29.8 Å². The molecule has 0 aromatic heterocycles. The van der Waals surface area contributed by atoms with Crippen LogP contribution in [0.25, 0.3) is 0 Å². The van der Waals surface area contributed by atoms with E-state index in [0.717, 1.165) is 30.8 Å². The summed E-state index contributed by atoms with van der Waals surface area (Å²) in [4.78, 5) is 12.0. The maximum Gasteiger partial charge on any atom is 0.224 e. The van der Waals surface area contributed by atoms with Crippen LogP contribution in [0.5, 0.6) is 5.75 Å². The van der Waals surface area contributed by atoms with Gasteiger partial charge in [-0.3, -0.25) is 4.79 Å². The molecule has 2 aliphatic rings. The van der Waals surface area contributed by atoms with Crippen LogP contribution in [0.1, 0.15) is 25.3 Å². The highest BCUT2D eigenvalue weighted by Gasteiger charge is 2.45. The average Bonchev–Trinajstić information content (AvgIpc) is 2.80. The predicted molar refractivity (Wildman–Crippen MR) is 75.7 cm³/mol. The molecule has 4 heteroatoms. The van der Waals surface area contributed by atoms with Crippen molar-refractivity contribution in [2.75, 3.05) is 13.2 Å². The molecule has 1 aromatic rings. The quantitative estimate of drug-likeness (QED) is 0.893. The third-order valence-corrected chi connectivity index (χ3v) is 4.21. The molecule has 1 aliphatic carbocycles. The SMILES string of the molecule is CCOc1ccc(CC(=O)N[C@H]2C[C@@H]3OCC[C@H]23)cc1. The molecule has 1 N–H and O–H groups in total. The second kappa shape index (κ2) is 5.83. The third kappa shape index (κ3) is 2.80. The first kappa shape index (κ1) is 13.4. The molecule has 1 heterocycles. The number of amides is 1. The number of nitrogens with one attached hydrogen (secondary N) is 1. The lowest BCUT2D eigenvalue weighted by Gasteiger charge is -2.39. The molecule has 0 unspecified atom stereocenters. The molecule has 3 atom stereocenters. The van der Waals surface area contributed by atoms with Gasteiger partial charge in [-0.15, -0.1) is 0 Å². The Morgan fingerprint density at radius 1 is 1.40 bits per heavy atom. The number of carbonyl (C=O) groups is 1. The highest BCUT2D eigenvalue weighted by molar-refractivity contribution is 5.79. The molecule has 0 radical (unpaired) electrons. The molecular weight excluding hydrogens is 254 g/mol. The highest BCUT2D eigenvalue weighted by Crippen LogP contribution is 2.38. The van der Waals surface area contributed by atoms with Gasteiger partial charge in [0.1, 0.15) is 5.75 Å². The van der Waals surface area contributed by atoms with E-state index in [0.29, 0.717) is 31.1 Å². The van der Waals surface area contributed by atoms with Gasteiger partial charge in [-0.2, -0.15) is 0 Å². The van der Waals surface area contributed by atoms with Crippen LogP contribution in [0.2, 0.25) is 0 Å². The van der Waals surface area contributed by atoms with Crippen molar-refractivity contribution in [2.45, 2.75) is 38.3 Å². The van der Waals surface area contributed by atoms with E-state index in [9.17, 15) is 4.79 Å². The van der Waals surface area contributed by atoms with Gasteiger partial charge in [-0.1, -0.05) is 12.1 Å². The van der Waals surface area contributed by atoms with Crippen molar-refractivity contribution in [3.63, 3.8) is 0 Å². The number of benzene rings is 1. The number of fused-ring (bicyclic) bond motifs is 1. The fourth-order valence-corrected chi connectivity index (χ4v) is 3.08. The lowest BCUT2D eigenvalue weighted by molar-refractivity contribution is -0.123. The van der Waals surface area contributed by atoms with Crippen LogP contribution in [-0.4, -0.2) is 31.3 Å². The summed E-state index contributed by atoms with van der Waals surface area (Å²) in [5.41, 5.74) is 1.02. The monoisotopic (exact) mass is 275 g/mol. The Bertz CT molecular complexity index is 471. The van der Waals surface area contributed by atoms with Crippen molar-refractivity contribution >= 4 is 5.91 Å². The average molecular weight is 275 g/mol. The van der Waals surface area contributed by atoms with Crippen LogP contribution in [-0.2, 0) is 16.0 Å². The van der Waals surface area contributed by atoms with Gasteiger partial charge in [0.25, 0.3) is 0 Å². The van der Waals surface area contributed by atoms with E-state index in [1.54, 1.807) is 0 Å². The van der Waals surface area contributed by atoms with E-state index in [2.05, 4.69) is 5.32 Å². The van der Waals surface area contributed by atoms with E-state index >= 15 is 0 Å². The first-order chi connectivity index (χ1) is 9.76. The number of ether oxygens (including phenoxy) is 2. The molecule has 2 fully saturated rings. The van der Waals surface area contributed by atoms with E-state index < -0.39 is 0 Å². The van der Waals surface area contributed by atoms with E-state index in [1.807, 2.05) is 31.2 Å². The third-order valence-electron chi connectivity index (χ3n) is 4.21. The molecule has 108 valence electrons. The molecule has 0 bridgehead atoms. The summed E-state index contributed by atoms with van der Waals surface area (Å²) in [7, 11) is 0. The van der Waals surface area contributed by atoms with Crippen molar-refractivity contribution in [2.24, 2.45) is 5.92 Å². The molecule has 1 aliphatic heterocycles. The molecule has 1 amide bonds. The maximum atomic E-state index is 12.0. The summed E-state index contributed by atoms with van der Waals surface area (Å²) in [5, 5.41) is 3.13. The minimum atomic E-state index is 0.101. The summed E-state index contributed by atoms with van der Waals surface area (Å²) in [5.74, 6) is 1.49. The molecule has 3 rings (SSSR count). The first-order valence-corrected chi connectivity index (χ1v) is 7.39. The van der Waals surface area contributed by atoms with Crippen molar-refractivity contribution in [3.8, 4) is 5.75 Å². The van der Waals surface area contributed by atoms with Crippen molar-refractivity contribution in [1.29, 1.82) is 0 Å². The Labute approximate surface area is 119 Å². The minimum absolute atomic E-state index is 0.101. The molecule has 1 aromatic carbocycles. The van der Waals surface area contributed by atoms with Gasteiger partial charge in [-0.05, 0) is 37.5 Å². The lowest BCUT2D eigenvalue weighted by Crippen LogP contribution is -2.53. The summed E-state index contributed by atoms with van der Waals surface area (Å²) in [6.45, 7) is 3.46. The van der Waals surface area contributed by atoms with Crippen LogP contribution in [0.3, 0.4) is 0 Å². The van der Waals surface area contributed by atoms with E-state index in [4.69, 9.17) is 9.47 Å². The number of hydrogen-bond donors (Lipinski definition) is 1. The molecule has 1 saturated heterocycles. The summed E-state index contributed by atoms with van der Waals surface area (Å²) < 4.78 is 10.9. The zero-order valence-electron chi connectivity index (χ0n) is 11.8. The highest BCUT2D eigenvalue weighted by atomic mass is 16.5. The van der Waals surface area contributed by atoms with Gasteiger partial charge in [-0.25, -0.2) is 0 Å². The standard InChI is InChI=1S/C16H21NO3/c1-2-19-12-5-3-11(4-6-12)9-16(18)17-14-10-15-13(14)7-8-20-15/h3-6,13-15H,2,7-10H2,1H3,(H,17,18)/t13-,14+,15+/m1/s1. The normalized spacial score (nSPS) is 27.6. The van der Waals surface area contributed by atoms with E-state index in [1.165, 1.54) is 0 Å². The molecule has 0 spiro atoms. The summed E-state index contributed by atoms with van der Waals surface area (Å²) >= 11 is 0. The maximum absolute atomic E-state index is 12.0. The molecular formula is C16H21NO3. The number of hydrogen-bond acceptors (Lipinski definition) is 3. The first-order valence-electron chi connectivity index (χ1n) is 7.39. The van der Waals surface area contributed by atoms with Crippen molar-refractivity contribution in [1.82, 2.24) is 5.32 Å². The van der Waals surface area contributed by atoms with Gasteiger partial charge in [0.05, 0.1) is 19.1 Å². The van der Waals surface area contributed by atoms with Crippen LogP contribution in [0, 0.1) is 5.92 Å². The molecule has 1 saturated carbocycles. The molecule has 20 heavy (non-hydrogen) atoms. The zero-order chi connectivity index (χ0) is 13.9. The lowest BCUT2D eigenvalue weighted by atomic mass is 9.76. The smallest absolute Gasteiger partial charge is 0.224 e. The Balaban J connectivity index is 1.48. The Morgan fingerprint density at radius 3 is 2.90 bits per heavy atom. The van der Waals surface area contributed by atoms with Gasteiger partial charge >= 0.3 is 0 Å².